The SMILES string of the molecule is CN(C)c1cc(C[C@H]2CCCNC2)ncn1. The van der Waals surface area contributed by atoms with E-state index < -0.39 is 0 Å². The van der Waals surface area contributed by atoms with Crippen LogP contribution in [0.1, 0.15) is 18.5 Å². The van der Waals surface area contributed by atoms with Crippen LogP contribution in [0, 0.1) is 5.92 Å². The Labute approximate surface area is 97.1 Å². The Hall–Kier alpha value is -1.16. The maximum Gasteiger partial charge on any atom is 0.131 e. The van der Waals surface area contributed by atoms with E-state index in [1.807, 2.05) is 19.0 Å². The summed E-state index contributed by atoms with van der Waals surface area (Å²) in [7, 11) is 4.02. The predicted octanol–water partition coefficient (Wildman–Crippen LogP) is 1.08. The van der Waals surface area contributed by atoms with Crippen LogP contribution < -0.4 is 10.2 Å². The maximum atomic E-state index is 4.35. The maximum absolute atomic E-state index is 4.35. The Morgan fingerprint density at radius 2 is 2.31 bits per heavy atom. The summed E-state index contributed by atoms with van der Waals surface area (Å²) in [5.41, 5.74) is 1.16. The quantitative estimate of drug-likeness (QED) is 0.827. The van der Waals surface area contributed by atoms with Gasteiger partial charge in [-0.3, -0.25) is 0 Å². The monoisotopic (exact) mass is 220 g/mol. The molecule has 1 aromatic heterocycles. The summed E-state index contributed by atoms with van der Waals surface area (Å²) in [6, 6.07) is 2.09. The van der Waals surface area contributed by atoms with Gasteiger partial charge in [0.2, 0.25) is 0 Å². The van der Waals surface area contributed by atoms with Gasteiger partial charge in [0.1, 0.15) is 12.1 Å². The van der Waals surface area contributed by atoms with E-state index >= 15 is 0 Å². The zero-order valence-electron chi connectivity index (χ0n) is 10.1. The molecule has 1 fully saturated rings. The van der Waals surface area contributed by atoms with E-state index in [1.165, 1.54) is 19.4 Å². The van der Waals surface area contributed by atoms with Gasteiger partial charge in [0, 0.05) is 25.9 Å². The number of rotatable bonds is 3. The third kappa shape index (κ3) is 2.92. The molecule has 0 saturated carbocycles. The molecular weight excluding hydrogens is 200 g/mol. The topological polar surface area (TPSA) is 41.0 Å². The minimum Gasteiger partial charge on any atom is -0.363 e. The fourth-order valence-corrected chi connectivity index (χ4v) is 2.14. The van der Waals surface area contributed by atoms with Gasteiger partial charge in [-0.05, 0) is 38.3 Å². The molecule has 1 N–H and O–H groups in total. The molecule has 1 aliphatic heterocycles. The van der Waals surface area contributed by atoms with Crippen molar-refractivity contribution in [3.05, 3.63) is 18.1 Å². The highest BCUT2D eigenvalue weighted by atomic mass is 15.1. The van der Waals surface area contributed by atoms with Gasteiger partial charge >= 0.3 is 0 Å². The van der Waals surface area contributed by atoms with Crippen LogP contribution in [0.25, 0.3) is 0 Å². The summed E-state index contributed by atoms with van der Waals surface area (Å²) in [6.45, 7) is 2.30. The van der Waals surface area contributed by atoms with Crippen LogP contribution in [0.2, 0.25) is 0 Å². The highest BCUT2D eigenvalue weighted by molar-refractivity contribution is 5.36. The van der Waals surface area contributed by atoms with Crippen molar-refractivity contribution in [1.29, 1.82) is 0 Å². The summed E-state index contributed by atoms with van der Waals surface area (Å²) in [4.78, 5) is 10.6. The average molecular weight is 220 g/mol. The molecule has 1 aromatic rings. The number of hydrogen-bond donors (Lipinski definition) is 1. The van der Waals surface area contributed by atoms with Gasteiger partial charge in [-0.25, -0.2) is 9.97 Å². The van der Waals surface area contributed by atoms with Crippen LogP contribution in [-0.4, -0.2) is 37.2 Å². The van der Waals surface area contributed by atoms with Gasteiger partial charge in [0.05, 0.1) is 0 Å². The molecule has 0 spiro atoms. The first kappa shape index (κ1) is 11.3. The molecule has 88 valence electrons. The molecule has 4 nitrogen and oxygen atoms in total. The van der Waals surface area contributed by atoms with E-state index in [9.17, 15) is 0 Å². The molecule has 2 rings (SSSR count). The smallest absolute Gasteiger partial charge is 0.131 e. The Morgan fingerprint density at radius 3 is 3.00 bits per heavy atom. The van der Waals surface area contributed by atoms with Crippen LogP contribution in [0.4, 0.5) is 5.82 Å². The van der Waals surface area contributed by atoms with E-state index in [0.717, 1.165) is 30.4 Å². The van der Waals surface area contributed by atoms with Gasteiger partial charge in [-0.2, -0.15) is 0 Å². The lowest BCUT2D eigenvalue weighted by Gasteiger charge is -2.22. The van der Waals surface area contributed by atoms with E-state index in [-0.39, 0.29) is 0 Å². The highest BCUT2D eigenvalue weighted by Gasteiger charge is 2.14. The summed E-state index contributed by atoms with van der Waals surface area (Å²) in [5, 5.41) is 3.44. The summed E-state index contributed by atoms with van der Waals surface area (Å²) >= 11 is 0. The van der Waals surface area contributed by atoms with E-state index in [1.54, 1.807) is 6.33 Å². The minimum absolute atomic E-state index is 0.735. The van der Waals surface area contributed by atoms with Crippen LogP contribution in [-0.2, 0) is 6.42 Å². The molecule has 0 unspecified atom stereocenters. The third-order valence-corrected chi connectivity index (χ3v) is 3.06. The number of nitrogens with zero attached hydrogens (tertiary/aromatic N) is 3. The fourth-order valence-electron chi connectivity index (χ4n) is 2.14. The zero-order valence-corrected chi connectivity index (χ0v) is 10.1. The molecule has 1 aliphatic rings. The first-order valence-electron chi connectivity index (χ1n) is 5.94. The molecule has 2 heterocycles. The first-order valence-corrected chi connectivity index (χ1v) is 5.94. The largest absolute Gasteiger partial charge is 0.363 e. The molecule has 1 atom stereocenters. The standard InChI is InChI=1S/C12H20N4/c1-16(2)12-7-11(14-9-15-12)6-10-4-3-5-13-8-10/h7,9-10,13H,3-6,8H2,1-2H3/t10-/m1/s1. The predicted molar refractivity (Wildman–Crippen MR) is 65.7 cm³/mol. The molecule has 0 amide bonds. The van der Waals surface area contributed by atoms with Gasteiger partial charge < -0.3 is 10.2 Å². The third-order valence-electron chi connectivity index (χ3n) is 3.06. The molecule has 4 heteroatoms. The van der Waals surface area contributed by atoms with Crippen molar-refractivity contribution >= 4 is 5.82 Å². The van der Waals surface area contributed by atoms with E-state index in [4.69, 9.17) is 0 Å². The molecule has 0 aromatic carbocycles. The molecular formula is C12H20N4. The number of nitrogens with one attached hydrogen (secondary N) is 1. The van der Waals surface area contributed by atoms with Crippen molar-refractivity contribution in [2.24, 2.45) is 5.92 Å². The number of piperidine rings is 1. The second kappa shape index (κ2) is 5.25. The fraction of sp³-hybridized carbons (Fsp3) is 0.667. The van der Waals surface area contributed by atoms with E-state index in [0.29, 0.717) is 0 Å². The number of anilines is 1. The van der Waals surface area contributed by atoms with Crippen molar-refractivity contribution in [3.8, 4) is 0 Å². The lowest BCUT2D eigenvalue weighted by atomic mass is 9.94. The summed E-state index contributed by atoms with van der Waals surface area (Å²) in [5.74, 6) is 1.73. The van der Waals surface area contributed by atoms with Gasteiger partial charge in [0.25, 0.3) is 0 Å². The molecule has 1 saturated heterocycles. The normalized spacial score (nSPS) is 20.8. The van der Waals surface area contributed by atoms with Crippen molar-refractivity contribution in [1.82, 2.24) is 15.3 Å². The van der Waals surface area contributed by atoms with Crippen molar-refractivity contribution in [2.75, 3.05) is 32.1 Å². The summed E-state index contributed by atoms with van der Waals surface area (Å²) in [6.07, 6.45) is 5.34. The Morgan fingerprint density at radius 1 is 1.44 bits per heavy atom. The average Bonchev–Trinajstić information content (AvgIpc) is 2.30. The molecule has 16 heavy (non-hydrogen) atoms. The molecule has 0 aliphatic carbocycles. The second-order valence-corrected chi connectivity index (χ2v) is 4.68. The molecule has 0 radical (unpaired) electrons. The number of hydrogen-bond acceptors (Lipinski definition) is 4. The molecule has 0 bridgehead atoms. The second-order valence-electron chi connectivity index (χ2n) is 4.68. The minimum atomic E-state index is 0.735. The Bertz CT molecular complexity index is 332. The Balaban J connectivity index is 2.00. The Kier molecular flexibility index (Phi) is 3.72. The van der Waals surface area contributed by atoms with E-state index in [2.05, 4.69) is 21.4 Å². The zero-order chi connectivity index (χ0) is 11.4. The van der Waals surface area contributed by atoms with Crippen molar-refractivity contribution in [2.45, 2.75) is 19.3 Å². The van der Waals surface area contributed by atoms with Crippen LogP contribution in [0.15, 0.2) is 12.4 Å². The van der Waals surface area contributed by atoms with Crippen LogP contribution in [0.3, 0.4) is 0 Å². The lowest BCUT2D eigenvalue weighted by Crippen LogP contribution is -2.31. The number of aromatic nitrogens is 2. The highest BCUT2D eigenvalue weighted by Crippen LogP contribution is 2.16. The lowest BCUT2D eigenvalue weighted by molar-refractivity contribution is 0.373. The van der Waals surface area contributed by atoms with Gasteiger partial charge in [-0.1, -0.05) is 0 Å². The summed E-state index contributed by atoms with van der Waals surface area (Å²) < 4.78 is 0. The van der Waals surface area contributed by atoms with Gasteiger partial charge in [0.15, 0.2) is 0 Å². The van der Waals surface area contributed by atoms with Crippen LogP contribution in [0.5, 0.6) is 0 Å². The van der Waals surface area contributed by atoms with Crippen LogP contribution >= 0.6 is 0 Å². The van der Waals surface area contributed by atoms with Crippen molar-refractivity contribution in [3.63, 3.8) is 0 Å². The van der Waals surface area contributed by atoms with Crippen molar-refractivity contribution < 1.29 is 0 Å². The first-order chi connectivity index (χ1) is 7.75. The van der Waals surface area contributed by atoms with Gasteiger partial charge in [-0.15, -0.1) is 0 Å².